The van der Waals surface area contributed by atoms with Crippen molar-refractivity contribution in [3.63, 3.8) is 0 Å². The van der Waals surface area contributed by atoms with Gasteiger partial charge < -0.3 is 10.1 Å². The van der Waals surface area contributed by atoms with Crippen LogP contribution in [0.1, 0.15) is 43.2 Å². The van der Waals surface area contributed by atoms with Gasteiger partial charge in [0.05, 0.1) is 6.10 Å². The van der Waals surface area contributed by atoms with Crippen molar-refractivity contribution in [3.05, 3.63) is 35.1 Å². The van der Waals surface area contributed by atoms with E-state index in [2.05, 4.69) is 5.32 Å². The third-order valence-corrected chi connectivity index (χ3v) is 4.29. The number of halogens is 1. The zero-order valence-corrected chi connectivity index (χ0v) is 12.6. The molecule has 1 aromatic rings. The van der Waals surface area contributed by atoms with Crippen molar-refractivity contribution in [2.24, 2.45) is 0 Å². The molecule has 1 fully saturated rings. The quantitative estimate of drug-likeness (QED) is 0.859. The minimum atomic E-state index is -0.150. The molecule has 1 N–H and O–H groups in total. The summed E-state index contributed by atoms with van der Waals surface area (Å²) in [5.74, 6) is -0.150. The predicted octanol–water partition coefficient (Wildman–Crippen LogP) is 3.61. The van der Waals surface area contributed by atoms with Crippen molar-refractivity contribution in [1.29, 1.82) is 0 Å². The van der Waals surface area contributed by atoms with E-state index in [1.165, 1.54) is 24.8 Å². The number of likely N-dealkylation sites (N-methyl/N-ethyl adjacent to an activating group) is 1. The molecule has 1 aromatic carbocycles. The molecule has 0 bridgehead atoms. The Hall–Kier alpha value is -0.930. The van der Waals surface area contributed by atoms with Crippen LogP contribution in [0.4, 0.5) is 4.39 Å². The van der Waals surface area contributed by atoms with Gasteiger partial charge in [-0.1, -0.05) is 6.07 Å². The third-order valence-electron chi connectivity index (χ3n) is 4.29. The summed E-state index contributed by atoms with van der Waals surface area (Å²) in [4.78, 5) is 0. The molecule has 1 heterocycles. The van der Waals surface area contributed by atoms with Gasteiger partial charge in [0.15, 0.2) is 0 Å². The molecular formula is C17H26FNO. The standard InChI is InChI=1S/C17H26FNO/c1-13-11-15(18)7-6-14(13)12-16(19-2)8-9-17-5-3-4-10-20-17/h6-7,11,16-17,19H,3-5,8-10,12H2,1-2H3. The number of aryl methyl sites for hydroxylation is 1. The Morgan fingerprint density at radius 3 is 2.90 bits per heavy atom. The molecular weight excluding hydrogens is 253 g/mol. The highest BCUT2D eigenvalue weighted by Crippen LogP contribution is 2.20. The molecule has 1 aliphatic rings. The average molecular weight is 279 g/mol. The number of hydrogen-bond acceptors (Lipinski definition) is 2. The van der Waals surface area contributed by atoms with Gasteiger partial charge in [0, 0.05) is 12.6 Å². The Balaban J connectivity index is 1.84. The Kier molecular flexibility index (Phi) is 5.99. The molecule has 0 amide bonds. The lowest BCUT2D eigenvalue weighted by Crippen LogP contribution is -2.30. The highest BCUT2D eigenvalue weighted by Gasteiger charge is 2.16. The smallest absolute Gasteiger partial charge is 0.123 e. The average Bonchev–Trinajstić information content (AvgIpc) is 2.46. The maximum Gasteiger partial charge on any atom is 0.123 e. The summed E-state index contributed by atoms with van der Waals surface area (Å²) >= 11 is 0. The molecule has 0 radical (unpaired) electrons. The van der Waals surface area contributed by atoms with Gasteiger partial charge >= 0.3 is 0 Å². The first-order valence-electron chi connectivity index (χ1n) is 7.73. The highest BCUT2D eigenvalue weighted by atomic mass is 19.1. The Bertz CT molecular complexity index is 415. The Morgan fingerprint density at radius 1 is 1.40 bits per heavy atom. The molecule has 1 aliphatic heterocycles. The molecule has 3 heteroatoms. The second kappa shape index (κ2) is 7.75. The SMILES string of the molecule is CNC(CCC1CCCCO1)Cc1ccc(F)cc1C. The first kappa shape index (κ1) is 15.5. The van der Waals surface area contributed by atoms with E-state index >= 15 is 0 Å². The second-order valence-corrected chi connectivity index (χ2v) is 5.83. The van der Waals surface area contributed by atoms with E-state index in [9.17, 15) is 4.39 Å². The lowest BCUT2D eigenvalue weighted by Gasteiger charge is -2.25. The van der Waals surface area contributed by atoms with Gasteiger partial charge in [-0.3, -0.25) is 0 Å². The zero-order valence-electron chi connectivity index (χ0n) is 12.6. The van der Waals surface area contributed by atoms with Crippen molar-refractivity contribution in [1.82, 2.24) is 5.32 Å². The van der Waals surface area contributed by atoms with E-state index in [-0.39, 0.29) is 5.82 Å². The molecule has 20 heavy (non-hydrogen) atoms. The summed E-state index contributed by atoms with van der Waals surface area (Å²) in [6.45, 7) is 2.90. The van der Waals surface area contributed by atoms with Gasteiger partial charge in [-0.05, 0) is 75.8 Å². The fourth-order valence-corrected chi connectivity index (χ4v) is 2.92. The first-order chi connectivity index (χ1) is 9.69. The summed E-state index contributed by atoms with van der Waals surface area (Å²) in [5.41, 5.74) is 2.27. The lowest BCUT2D eigenvalue weighted by molar-refractivity contribution is 0.00870. The van der Waals surface area contributed by atoms with Crippen LogP contribution in [-0.2, 0) is 11.2 Å². The van der Waals surface area contributed by atoms with Crippen molar-refractivity contribution in [2.45, 2.75) is 57.6 Å². The van der Waals surface area contributed by atoms with Gasteiger partial charge in [-0.2, -0.15) is 0 Å². The van der Waals surface area contributed by atoms with E-state index < -0.39 is 0 Å². The van der Waals surface area contributed by atoms with E-state index in [0.717, 1.165) is 31.4 Å². The number of rotatable bonds is 6. The summed E-state index contributed by atoms with van der Waals surface area (Å²) in [6, 6.07) is 5.52. The number of hydrogen-bond donors (Lipinski definition) is 1. The summed E-state index contributed by atoms with van der Waals surface area (Å²) in [5, 5.41) is 3.38. The second-order valence-electron chi connectivity index (χ2n) is 5.83. The molecule has 2 atom stereocenters. The Labute approximate surface area is 121 Å². The van der Waals surface area contributed by atoms with Crippen molar-refractivity contribution >= 4 is 0 Å². The van der Waals surface area contributed by atoms with Gasteiger partial charge in [-0.15, -0.1) is 0 Å². The summed E-state index contributed by atoms with van der Waals surface area (Å²) in [6.07, 6.45) is 7.33. The van der Waals surface area contributed by atoms with Crippen LogP contribution in [0.2, 0.25) is 0 Å². The predicted molar refractivity (Wildman–Crippen MR) is 80.5 cm³/mol. The van der Waals surface area contributed by atoms with Crippen LogP contribution in [0.3, 0.4) is 0 Å². The largest absolute Gasteiger partial charge is 0.378 e. The van der Waals surface area contributed by atoms with Crippen LogP contribution < -0.4 is 5.32 Å². The van der Waals surface area contributed by atoms with Crippen LogP contribution in [0.5, 0.6) is 0 Å². The number of benzene rings is 1. The summed E-state index contributed by atoms with van der Waals surface area (Å²) in [7, 11) is 2.01. The minimum Gasteiger partial charge on any atom is -0.378 e. The van der Waals surface area contributed by atoms with Gasteiger partial charge in [0.25, 0.3) is 0 Å². The van der Waals surface area contributed by atoms with E-state index in [4.69, 9.17) is 4.74 Å². The fourth-order valence-electron chi connectivity index (χ4n) is 2.92. The maximum atomic E-state index is 13.1. The molecule has 0 saturated carbocycles. The minimum absolute atomic E-state index is 0.150. The van der Waals surface area contributed by atoms with Gasteiger partial charge in [0.1, 0.15) is 5.82 Å². The van der Waals surface area contributed by atoms with Crippen molar-refractivity contribution in [3.8, 4) is 0 Å². The van der Waals surface area contributed by atoms with Crippen molar-refractivity contribution in [2.75, 3.05) is 13.7 Å². The summed E-state index contributed by atoms with van der Waals surface area (Å²) < 4.78 is 18.9. The molecule has 1 saturated heterocycles. The number of ether oxygens (including phenoxy) is 1. The molecule has 0 spiro atoms. The first-order valence-corrected chi connectivity index (χ1v) is 7.73. The topological polar surface area (TPSA) is 21.3 Å². The lowest BCUT2D eigenvalue weighted by atomic mass is 9.95. The van der Waals surface area contributed by atoms with E-state index in [1.807, 2.05) is 20.0 Å². The van der Waals surface area contributed by atoms with Crippen LogP contribution >= 0.6 is 0 Å². The normalized spacial score (nSPS) is 20.9. The number of nitrogens with one attached hydrogen (secondary N) is 1. The monoisotopic (exact) mass is 279 g/mol. The molecule has 0 aliphatic carbocycles. The molecule has 2 unspecified atom stereocenters. The molecule has 0 aromatic heterocycles. The fraction of sp³-hybridized carbons (Fsp3) is 0.647. The zero-order chi connectivity index (χ0) is 14.4. The Morgan fingerprint density at radius 2 is 2.25 bits per heavy atom. The van der Waals surface area contributed by atoms with E-state index in [0.29, 0.717) is 12.1 Å². The molecule has 2 nitrogen and oxygen atoms in total. The maximum absolute atomic E-state index is 13.1. The molecule has 112 valence electrons. The van der Waals surface area contributed by atoms with Crippen LogP contribution in [0, 0.1) is 12.7 Å². The van der Waals surface area contributed by atoms with Crippen molar-refractivity contribution < 1.29 is 9.13 Å². The molecule has 2 rings (SSSR count). The van der Waals surface area contributed by atoms with Crippen LogP contribution in [0.25, 0.3) is 0 Å². The highest BCUT2D eigenvalue weighted by molar-refractivity contribution is 5.27. The van der Waals surface area contributed by atoms with Crippen LogP contribution in [0.15, 0.2) is 18.2 Å². The van der Waals surface area contributed by atoms with Crippen LogP contribution in [-0.4, -0.2) is 25.8 Å². The van der Waals surface area contributed by atoms with Gasteiger partial charge in [-0.25, -0.2) is 4.39 Å². The van der Waals surface area contributed by atoms with E-state index in [1.54, 1.807) is 12.1 Å². The van der Waals surface area contributed by atoms with Gasteiger partial charge in [0.2, 0.25) is 0 Å². The third kappa shape index (κ3) is 4.57.